The zero-order valence-corrected chi connectivity index (χ0v) is 20.5. The van der Waals surface area contributed by atoms with Gasteiger partial charge >= 0.3 is 5.56 Å². The highest BCUT2D eigenvalue weighted by Crippen LogP contribution is 2.27. The molecule has 2 heterocycles. The lowest BCUT2D eigenvalue weighted by atomic mass is 10.1. The number of ether oxygens (including phenoxy) is 1. The van der Waals surface area contributed by atoms with Crippen molar-refractivity contribution in [3.8, 4) is 11.4 Å². The van der Waals surface area contributed by atoms with Crippen LogP contribution in [-0.4, -0.2) is 71.2 Å². The average molecular weight is 501 g/mol. The predicted octanol–water partition coefficient (Wildman–Crippen LogP) is 1.91. The number of halogens is 2. The van der Waals surface area contributed by atoms with Gasteiger partial charge in [-0.2, -0.15) is 14.1 Å². The van der Waals surface area contributed by atoms with Crippen molar-refractivity contribution in [3.05, 3.63) is 46.4 Å². The Morgan fingerprint density at radius 3 is 2.24 bits per heavy atom. The summed E-state index contributed by atoms with van der Waals surface area (Å²) >= 11 is 0. The summed E-state index contributed by atoms with van der Waals surface area (Å²) in [5.41, 5.74) is -1.52. The van der Waals surface area contributed by atoms with Crippen molar-refractivity contribution < 1.29 is 27.0 Å². The van der Waals surface area contributed by atoms with E-state index in [9.17, 15) is 27.1 Å². The van der Waals surface area contributed by atoms with Gasteiger partial charge in [-0.3, -0.25) is 4.79 Å². The topological polar surface area (TPSA) is 105 Å². The van der Waals surface area contributed by atoms with Crippen molar-refractivity contribution in [3.63, 3.8) is 0 Å². The van der Waals surface area contributed by atoms with Gasteiger partial charge in [-0.25, -0.2) is 17.2 Å². The highest BCUT2D eigenvalue weighted by atomic mass is 32.2. The summed E-state index contributed by atoms with van der Waals surface area (Å²) in [6.07, 6.45) is 1.58. The molecule has 0 bridgehead atoms. The zero-order valence-electron chi connectivity index (χ0n) is 19.7. The maximum atomic E-state index is 13.7. The Kier molecular flexibility index (Phi) is 7.63. The number of piperazine rings is 1. The minimum absolute atomic E-state index is 0.00889. The van der Waals surface area contributed by atoms with Crippen LogP contribution in [0.1, 0.15) is 34.1 Å². The molecule has 34 heavy (non-hydrogen) atoms. The third-order valence-electron chi connectivity index (χ3n) is 5.50. The number of aromatic nitrogens is 2. The van der Waals surface area contributed by atoms with Gasteiger partial charge in [0.05, 0.1) is 29.3 Å². The van der Waals surface area contributed by atoms with Gasteiger partial charge in [0.25, 0.3) is 0 Å². The highest BCUT2D eigenvalue weighted by molar-refractivity contribution is 7.89. The summed E-state index contributed by atoms with van der Waals surface area (Å²) < 4.78 is 60.4. The van der Waals surface area contributed by atoms with Crippen LogP contribution in [0, 0.1) is 11.6 Å². The summed E-state index contributed by atoms with van der Waals surface area (Å²) in [4.78, 5) is 15.0. The van der Waals surface area contributed by atoms with Crippen LogP contribution < -0.4 is 15.2 Å². The van der Waals surface area contributed by atoms with E-state index in [2.05, 4.69) is 5.10 Å². The van der Waals surface area contributed by atoms with Crippen molar-refractivity contribution in [2.24, 2.45) is 0 Å². The number of rotatable bonds is 8. The van der Waals surface area contributed by atoms with E-state index in [1.165, 1.54) is 10.5 Å². The summed E-state index contributed by atoms with van der Waals surface area (Å²) in [6, 6.07) is 2.65. The smallest absolute Gasteiger partial charge is 0.316 e. The Labute approximate surface area is 197 Å². The molecule has 9 nitrogen and oxygen atoms in total. The first-order valence-corrected chi connectivity index (χ1v) is 12.5. The van der Waals surface area contributed by atoms with Crippen molar-refractivity contribution >= 4 is 15.7 Å². The standard InChI is InChI=1S/C22H30F2N4O5S/c1-15(2)34(31,32)27-8-6-26(7-9-27)19-14-25-28(18-12-16(23)11-17(24)13-18)21(29)20(19)33-10-5-22(3,4)30/h11-15,30H,5-10H2,1-4H3. The first kappa shape index (κ1) is 26.0. The Morgan fingerprint density at radius 1 is 1.12 bits per heavy atom. The fourth-order valence-corrected chi connectivity index (χ4v) is 4.79. The van der Waals surface area contributed by atoms with Crippen LogP contribution in [-0.2, 0) is 10.0 Å². The van der Waals surface area contributed by atoms with Crippen LogP contribution in [0.5, 0.6) is 5.75 Å². The summed E-state index contributed by atoms with van der Waals surface area (Å²) in [6.45, 7) is 7.50. The minimum atomic E-state index is -3.41. The van der Waals surface area contributed by atoms with E-state index in [1.54, 1.807) is 32.6 Å². The van der Waals surface area contributed by atoms with Crippen LogP contribution in [0.3, 0.4) is 0 Å². The predicted molar refractivity (Wildman–Crippen MR) is 124 cm³/mol. The first-order chi connectivity index (χ1) is 15.8. The molecule has 12 heteroatoms. The molecule has 0 saturated carbocycles. The molecule has 188 valence electrons. The fraction of sp³-hybridized carbons (Fsp3) is 0.545. The van der Waals surface area contributed by atoms with Crippen LogP contribution in [0.2, 0.25) is 0 Å². The first-order valence-electron chi connectivity index (χ1n) is 11.0. The van der Waals surface area contributed by atoms with Crippen LogP contribution >= 0.6 is 0 Å². The van der Waals surface area contributed by atoms with Crippen molar-refractivity contribution in [2.45, 2.75) is 45.0 Å². The third-order valence-corrected chi connectivity index (χ3v) is 7.78. The van der Waals surface area contributed by atoms with Gasteiger partial charge in [0.2, 0.25) is 15.8 Å². The molecule has 0 unspecified atom stereocenters. The van der Waals surface area contributed by atoms with Gasteiger partial charge < -0.3 is 14.7 Å². The normalized spacial score (nSPS) is 15.7. The molecule has 1 aromatic heterocycles. The zero-order chi connectivity index (χ0) is 25.3. The fourth-order valence-electron chi connectivity index (χ4n) is 3.52. The maximum absolute atomic E-state index is 13.7. The van der Waals surface area contributed by atoms with Gasteiger partial charge in [0.1, 0.15) is 17.3 Å². The summed E-state index contributed by atoms with van der Waals surface area (Å²) in [7, 11) is -3.41. The molecule has 0 atom stereocenters. The minimum Gasteiger partial charge on any atom is -0.486 e. The Bertz CT molecular complexity index is 1170. The lowest BCUT2D eigenvalue weighted by molar-refractivity contribution is 0.0551. The molecule has 0 spiro atoms. The lowest BCUT2D eigenvalue weighted by Gasteiger charge is -2.36. The molecule has 1 aromatic carbocycles. The molecule has 0 amide bonds. The number of hydrogen-bond acceptors (Lipinski definition) is 7. The third kappa shape index (κ3) is 5.91. The van der Waals surface area contributed by atoms with Crippen molar-refractivity contribution in [2.75, 3.05) is 37.7 Å². The largest absolute Gasteiger partial charge is 0.486 e. The summed E-state index contributed by atoms with van der Waals surface area (Å²) in [5.74, 6) is -1.82. The molecule has 1 aliphatic heterocycles. The number of hydrogen-bond donors (Lipinski definition) is 1. The van der Waals surface area contributed by atoms with Gasteiger partial charge in [0.15, 0.2) is 0 Å². The monoisotopic (exact) mass is 500 g/mol. The highest BCUT2D eigenvalue weighted by Gasteiger charge is 2.31. The summed E-state index contributed by atoms with van der Waals surface area (Å²) in [5, 5.41) is 13.5. The molecule has 2 aromatic rings. The molecule has 1 aliphatic rings. The number of benzene rings is 1. The van der Waals surface area contributed by atoms with Crippen LogP contribution in [0.4, 0.5) is 14.5 Å². The van der Waals surface area contributed by atoms with Gasteiger partial charge in [-0.05, 0) is 39.8 Å². The van der Waals surface area contributed by atoms with E-state index >= 15 is 0 Å². The molecular formula is C22H30F2N4O5S. The maximum Gasteiger partial charge on any atom is 0.316 e. The second-order valence-corrected chi connectivity index (χ2v) is 11.6. The molecule has 3 rings (SSSR count). The van der Waals surface area contributed by atoms with Crippen LogP contribution in [0.25, 0.3) is 5.69 Å². The quantitative estimate of drug-likeness (QED) is 0.590. The molecule has 0 radical (unpaired) electrons. The van der Waals surface area contributed by atoms with E-state index in [0.717, 1.165) is 16.8 Å². The van der Waals surface area contributed by atoms with Gasteiger partial charge in [-0.15, -0.1) is 0 Å². The van der Waals surface area contributed by atoms with E-state index in [4.69, 9.17) is 4.74 Å². The molecule has 1 N–H and O–H groups in total. The Hall–Kier alpha value is -2.57. The van der Waals surface area contributed by atoms with Crippen molar-refractivity contribution in [1.29, 1.82) is 0 Å². The number of aliphatic hydroxyl groups is 1. The van der Waals surface area contributed by atoms with E-state index in [-0.39, 0.29) is 37.6 Å². The van der Waals surface area contributed by atoms with E-state index in [0.29, 0.717) is 24.8 Å². The lowest BCUT2D eigenvalue weighted by Crippen LogP contribution is -2.50. The van der Waals surface area contributed by atoms with Gasteiger partial charge in [-0.1, -0.05) is 0 Å². The molecular weight excluding hydrogens is 470 g/mol. The Balaban J connectivity index is 1.95. The molecule has 1 saturated heterocycles. The second kappa shape index (κ2) is 9.96. The molecule has 1 fully saturated rings. The van der Waals surface area contributed by atoms with E-state index in [1.807, 2.05) is 0 Å². The van der Waals surface area contributed by atoms with Crippen molar-refractivity contribution in [1.82, 2.24) is 14.1 Å². The number of anilines is 1. The second-order valence-electron chi connectivity index (χ2n) is 9.09. The molecule has 0 aliphatic carbocycles. The SMILES string of the molecule is CC(C)S(=O)(=O)N1CCN(c2cnn(-c3cc(F)cc(F)c3)c(=O)c2OCCC(C)(C)O)CC1. The van der Waals surface area contributed by atoms with Gasteiger partial charge in [0, 0.05) is 38.7 Å². The number of sulfonamides is 1. The Morgan fingerprint density at radius 2 is 1.71 bits per heavy atom. The van der Waals surface area contributed by atoms with Crippen LogP contribution in [0.15, 0.2) is 29.2 Å². The average Bonchev–Trinajstić information content (AvgIpc) is 2.73. The van der Waals surface area contributed by atoms with E-state index < -0.39 is 38.1 Å². The number of nitrogens with zero attached hydrogens (tertiary/aromatic N) is 4.